The molecule has 1 unspecified atom stereocenters. The number of carbonyl (C=O) groups is 2. The monoisotopic (exact) mass is 494 g/mol. The number of fused-ring (bicyclic) bond motifs is 1. The summed E-state index contributed by atoms with van der Waals surface area (Å²) in [5, 5.41) is 3.94. The van der Waals surface area contributed by atoms with Crippen LogP contribution in [0.15, 0.2) is 65.9 Å². The molecule has 4 rings (SSSR count). The van der Waals surface area contributed by atoms with Gasteiger partial charge in [0, 0.05) is 18.0 Å². The van der Waals surface area contributed by atoms with Crippen LogP contribution < -0.4 is 4.74 Å². The number of amides is 2. The topological polar surface area (TPSA) is 49.9 Å². The van der Waals surface area contributed by atoms with Crippen molar-refractivity contribution in [2.45, 2.75) is 32.2 Å². The highest BCUT2D eigenvalue weighted by molar-refractivity contribution is 7.12. The second-order valence-electron chi connectivity index (χ2n) is 8.64. The van der Waals surface area contributed by atoms with E-state index in [4.69, 9.17) is 4.74 Å². The summed E-state index contributed by atoms with van der Waals surface area (Å²) in [6, 6.07) is 13.7. The smallest absolute Gasteiger partial charge is 0.264 e. The van der Waals surface area contributed by atoms with Gasteiger partial charge < -0.3 is 14.5 Å². The fourth-order valence-corrected chi connectivity index (χ4v) is 5.80. The van der Waals surface area contributed by atoms with Gasteiger partial charge in [0.15, 0.2) is 0 Å². The van der Waals surface area contributed by atoms with E-state index in [2.05, 4.69) is 44.0 Å². The molecule has 0 saturated carbocycles. The van der Waals surface area contributed by atoms with E-state index in [9.17, 15) is 9.59 Å². The van der Waals surface area contributed by atoms with E-state index in [1.807, 2.05) is 28.5 Å². The molecule has 2 amide bonds. The Morgan fingerprint density at radius 2 is 1.97 bits per heavy atom. The molecule has 0 saturated heterocycles. The maximum Gasteiger partial charge on any atom is 0.264 e. The summed E-state index contributed by atoms with van der Waals surface area (Å²) in [5.41, 5.74) is 2.41. The summed E-state index contributed by atoms with van der Waals surface area (Å²) in [6.45, 7) is 9.42. The molecule has 3 aromatic rings. The van der Waals surface area contributed by atoms with Crippen molar-refractivity contribution in [3.05, 3.63) is 86.8 Å². The normalized spacial score (nSPS) is 15.1. The van der Waals surface area contributed by atoms with Crippen molar-refractivity contribution < 1.29 is 14.3 Å². The van der Waals surface area contributed by atoms with Gasteiger partial charge in [-0.1, -0.05) is 38.1 Å². The van der Waals surface area contributed by atoms with E-state index < -0.39 is 0 Å². The SMILES string of the molecule is C=CCN(CC(=O)N1CCc2sccc2C1COc1ccc(C(C)C)cc1)C(=O)c1cccs1. The molecule has 0 N–H and O–H groups in total. The zero-order valence-electron chi connectivity index (χ0n) is 19.6. The van der Waals surface area contributed by atoms with Crippen LogP contribution in [0.3, 0.4) is 0 Å². The minimum Gasteiger partial charge on any atom is -0.491 e. The fraction of sp³-hybridized carbons (Fsp3) is 0.333. The van der Waals surface area contributed by atoms with Crippen molar-refractivity contribution >= 4 is 34.5 Å². The molecule has 1 aromatic carbocycles. The number of carbonyl (C=O) groups excluding carboxylic acids is 2. The van der Waals surface area contributed by atoms with Crippen LogP contribution in [-0.2, 0) is 11.2 Å². The van der Waals surface area contributed by atoms with Crippen LogP contribution >= 0.6 is 22.7 Å². The van der Waals surface area contributed by atoms with Crippen molar-refractivity contribution in [1.82, 2.24) is 9.80 Å². The van der Waals surface area contributed by atoms with Crippen LogP contribution in [0.4, 0.5) is 0 Å². The summed E-state index contributed by atoms with van der Waals surface area (Å²) in [7, 11) is 0. The predicted octanol–water partition coefficient (Wildman–Crippen LogP) is 5.77. The molecule has 7 heteroatoms. The Labute approximate surface area is 209 Å². The first-order chi connectivity index (χ1) is 16.5. The molecule has 2 aromatic heterocycles. The molecule has 0 fully saturated rings. The van der Waals surface area contributed by atoms with Crippen LogP contribution in [-0.4, -0.2) is 47.9 Å². The Balaban J connectivity index is 1.50. The van der Waals surface area contributed by atoms with Crippen LogP contribution in [0.25, 0.3) is 0 Å². The molecular formula is C27H30N2O3S2. The number of nitrogens with zero attached hydrogens (tertiary/aromatic N) is 2. The van der Waals surface area contributed by atoms with Gasteiger partial charge in [-0.05, 0) is 58.5 Å². The van der Waals surface area contributed by atoms with Gasteiger partial charge in [0.2, 0.25) is 5.91 Å². The molecule has 0 spiro atoms. The van der Waals surface area contributed by atoms with Gasteiger partial charge in [0.05, 0.1) is 10.9 Å². The summed E-state index contributed by atoms with van der Waals surface area (Å²) in [4.78, 5) is 31.8. The number of benzene rings is 1. The number of thiophene rings is 2. The highest BCUT2D eigenvalue weighted by Gasteiger charge is 2.33. The first kappa shape index (κ1) is 24.2. The predicted molar refractivity (Wildman–Crippen MR) is 139 cm³/mol. The Morgan fingerprint density at radius 1 is 1.18 bits per heavy atom. The molecular weight excluding hydrogens is 464 g/mol. The van der Waals surface area contributed by atoms with E-state index in [1.165, 1.54) is 21.8 Å². The first-order valence-corrected chi connectivity index (χ1v) is 13.3. The van der Waals surface area contributed by atoms with Crippen molar-refractivity contribution in [3.8, 4) is 5.75 Å². The molecule has 0 bridgehead atoms. The molecule has 5 nitrogen and oxygen atoms in total. The molecule has 3 heterocycles. The largest absolute Gasteiger partial charge is 0.491 e. The lowest BCUT2D eigenvalue weighted by atomic mass is 10.00. The number of hydrogen-bond acceptors (Lipinski definition) is 5. The second kappa shape index (κ2) is 11.0. The highest BCUT2D eigenvalue weighted by Crippen LogP contribution is 2.34. The second-order valence-corrected chi connectivity index (χ2v) is 10.6. The van der Waals surface area contributed by atoms with Gasteiger partial charge >= 0.3 is 0 Å². The number of hydrogen-bond donors (Lipinski definition) is 0. The molecule has 1 aliphatic rings. The fourth-order valence-electron chi connectivity index (χ4n) is 4.18. The van der Waals surface area contributed by atoms with E-state index in [1.54, 1.807) is 28.4 Å². The minimum absolute atomic E-state index is 0.0157. The summed E-state index contributed by atoms with van der Waals surface area (Å²) < 4.78 is 6.16. The van der Waals surface area contributed by atoms with E-state index in [-0.39, 0.29) is 24.4 Å². The Hall–Kier alpha value is -2.90. The molecule has 1 atom stereocenters. The van der Waals surface area contributed by atoms with Crippen molar-refractivity contribution in [2.24, 2.45) is 0 Å². The summed E-state index contributed by atoms with van der Waals surface area (Å²) in [6.07, 6.45) is 2.48. The van der Waals surface area contributed by atoms with Gasteiger partial charge in [0.25, 0.3) is 5.91 Å². The third-order valence-electron chi connectivity index (χ3n) is 6.06. The van der Waals surface area contributed by atoms with E-state index in [0.29, 0.717) is 30.5 Å². The third-order valence-corrected chi connectivity index (χ3v) is 7.92. The van der Waals surface area contributed by atoms with Crippen molar-refractivity contribution in [1.29, 1.82) is 0 Å². The van der Waals surface area contributed by atoms with Crippen molar-refractivity contribution in [2.75, 3.05) is 26.2 Å². The lowest BCUT2D eigenvalue weighted by Gasteiger charge is -2.37. The number of ether oxygens (including phenoxy) is 1. The standard InChI is InChI=1S/C27H30N2O3S2/c1-4-13-28(27(31)25-6-5-15-33-25)17-26(30)29-14-11-24-22(12-16-34-24)23(29)18-32-21-9-7-20(8-10-21)19(2)3/h4-10,12,15-16,19,23H,1,11,13-14,17-18H2,2-3H3. The van der Waals surface area contributed by atoms with Gasteiger partial charge in [-0.25, -0.2) is 0 Å². The van der Waals surface area contributed by atoms with Crippen LogP contribution in [0, 0.1) is 0 Å². The van der Waals surface area contributed by atoms with Gasteiger partial charge in [-0.15, -0.1) is 29.3 Å². The van der Waals surface area contributed by atoms with Gasteiger partial charge in [-0.2, -0.15) is 0 Å². The Bertz CT molecular complexity index is 1120. The molecule has 34 heavy (non-hydrogen) atoms. The molecule has 178 valence electrons. The Kier molecular flexibility index (Phi) is 7.85. The molecule has 0 aliphatic carbocycles. The average molecular weight is 495 g/mol. The van der Waals surface area contributed by atoms with Crippen LogP contribution in [0.5, 0.6) is 5.75 Å². The first-order valence-electron chi connectivity index (χ1n) is 11.5. The zero-order chi connectivity index (χ0) is 24.1. The minimum atomic E-state index is -0.185. The molecule has 0 radical (unpaired) electrons. The molecule has 1 aliphatic heterocycles. The van der Waals surface area contributed by atoms with Crippen LogP contribution in [0.2, 0.25) is 0 Å². The van der Waals surface area contributed by atoms with E-state index in [0.717, 1.165) is 17.7 Å². The maximum absolute atomic E-state index is 13.5. The van der Waals surface area contributed by atoms with Crippen molar-refractivity contribution in [3.63, 3.8) is 0 Å². The third kappa shape index (κ3) is 5.42. The summed E-state index contributed by atoms with van der Waals surface area (Å²) >= 11 is 3.10. The lowest BCUT2D eigenvalue weighted by Crippen LogP contribution is -2.47. The maximum atomic E-state index is 13.5. The summed E-state index contributed by atoms with van der Waals surface area (Å²) in [5.74, 6) is 1.03. The van der Waals surface area contributed by atoms with Crippen LogP contribution in [0.1, 0.15) is 51.5 Å². The zero-order valence-corrected chi connectivity index (χ0v) is 21.2. The average Bonchev–Trinajstić information content (AvgIpc) is 3.54. The Morgan fingerprint density at radius 3 is 2.65 bits per heavy atom. The highest BCUT2D eigenvalue weighted by atomic mass is 32.1. The number of rotatable bonds is 9. The van der Waals surface area contributed by atoms with Gasteiger partial charge in [0.1, 0.15) is 18.9 Å². The van der Waals surface area contributed by atoms with E-state index >= 15 is 0 Å². The lowest BCUT2D eigenvalue weighted by molar-refractivity contribution is -0.135. The quantitative estimate of drug-likeness (QED) is 0.355. The van der Waals surface area contributed by atoms with Gasteiger partial charge in [-0.3, -0.25) is 9.59 Å².